The summed E-state index contributed by atoms with van der Waals surface area (Å²) in [4.78, 5) is 12.1. The highest BCUT2D eigenvalue weighted by atomic mass is 16.5. The summed E-state index contributed by atoms with van der Waals surface area (Å²) in [5, 5.41) is 16.4. The topological polar surface area (TPSA) is 79.8 Å². The van der Waals surface area contributed by atoms with Gasteiger partial charge in [-0.1, -0.05) is 0 Å². The summed E-state index contributed by atoms with van der Waals surface area (Å²) < 4.78 is 10.4. The maximum atomic E-state index is 12.1. The van der Waals surface area contributed by atoms with Gasteiger partial charge in [0, 0.05) is 18.0 Å². The molecule has 3 N–H and O–H groups in total. The molecule has 22 heavy (non-hydrogen) atoms. The molecule has 1 aliphatic rings. The van der Waals surface area contributed by atoms with Crippen molar-refractivity contribution in [2.24, 2.45) is 5.92 Å². The molecule has 1 heterocycles. The lowest BCUT2D eigenvalue weighted by atomic mass is 9.97. The molecule has 122 valence electrons. The van der Waals surface area contributed by atoms with Gasteiger partial charge in [0.15, 0.2) is 0 Å². The van der Waals surface area contributed by atoms with Gasteiger partial charge in [-0.25, -0.2) is 0 Å². The number of aliphatic hydroxyl groups is 1. The van der Waals surface area contributed by atoms with Crippen LogP contribution in [-0.4, -0.2) is 44.9 Å². The van der Waals surface area contributed by atoms with E-state index < -0.39 is 6.10 Å². The molecule has 1 amide bonds. The van der Waals surface area contributed by atoms with Crippen molar-refractivity contribution in [1.29, 1.82) is 0 Å². The number of nitrogens with one attached hydrogen (secondary N) is 2. The fourth-order valence-corrected chi connectivity index (χ4v) is 2.64. The number of hydrogen-bond donors (Lipinski definition) is 3. The van der Waals surface area contributed by atoms with E-state index in [1.165, 1.54) is 0 Å². The highest BCUT2D eigenvalue weighted by Crippen LogP contribution is 2.29. The number of methoxy groups -OCH3 is 2. The van der Waals surface area contributed by atoms with Crippen molar-refractivity contribution in [3.05, 3.63) is 23.8 Å². The first kappa shape index (κ1) is 16.6. The fourth-order valence-electron chi connectivity index (χ4n) is 2.64. The minimum absolute atomic E-state index is 0.00223. The standard InChI is InChI=1S/C16H24N2O4/c1-21-12-3-4-15(22-2)13(9-12)14(19)10-18-16(20)11-5-7-17-8-6-11/h3-4,9,11,14,17,19H,5-8,10H2,1-2H3,(H,18,20). The van der Waals surface area contributed by atoms with E-state index in [1.807, 2.05) is 0 Å². The molecular weight excluding hydrogens is 284 g/mol. The third kappa shape index (κ3) is 4.11. The highest BCUT2D eigenvalue weighted by Gasteiger charge is 2.22. The van der Waals surface area contributed by atoms with Gasteiger partial charge in [0.25, 0.3) is 0 Å². The third-order valence-electron chi connectivity index (χ3n) is 3.98. The van der Waals surface area contributed by atoms with Crippen LogP contribution in [0.3, 0.4) is 0 Å². The van der Waals surface area contributed by atoms with E-state index in [0.29, 0.717) is 17.1 Å². The van der Waals surface area contributed by atoms with Crippen molar-refractivity contribution in [3.63, 3.8) is 0 Å². The van der Waals surface area contributed by atoms with Crippen LogP contribution in [0.2, 0.25) is 0 Å². The van der Waals surface area contributed by atoms with E-state index in [-0.39, 0.29) is 18.4 Å². The normalized spacial score (nSPS) is 16.9. The van der Waals surface area contributed by atoms with Crippen LogP contribution in [0.1, 0.15) is 24.5 Å². The second-order valence-corrected chi connectivity index (χ2v) is 5.39. The summed E-state index contributed by atoms with van der Waals surface area (Å²) in [6.07, 6.45) is 0.838. The van der Waals surface area contributed by atoms with Gasteiger partial charge in [0.05, 0.1) is 20.3 Å². The van der Waals surface area contributed by atoms with E-state index in [2.05, 4.69) is 10.6 Å². The zero-order valence-corrected chi connectivity index (χ0v) is 13.1. The van der Waals surface area contributed by atoms with Crippen LogP contribution < -0.4 is 20.1 Å². The second-order valence-electron chi connectivity index (χ2n) is 5.39. The van der Waals surface area contributed by atoms with Crippen LogP contribution in [0.25, 0.3) is 0 Å². The average molecular weight is 308 g/mol. The maximum Gasteiger partial charge on any atom is 0.223 e. The van der Waals surface area contributed by atoms with Gasteiger partial charge in [-0.15, -0.1) is 0 Å². The van der Waals surface area contributed by atoms with E-state index in [1.54, 1.807) is 32.4 Å². The van der Waals surface area contributed by atoms with Crippen molar-refractivity contribution in [2.75, 3.05) is 33.9 Å². The van der Waals surface area contributed by atoms with Crippen LogP contribution in [-0.2, 0) is 4.79 Å². The first-order valence-corrected chi connectivity index (χ1v) is 7.54. The Labute approximate surface area is 130 Å². The fraction of sp³-hybridized carbons (Fsp3) is 0.562. The molecule has 0 bridgehead atoms. The largest absolute Gasteiger partial charge is 0.497 e. The first-order chi connectivity index (χ1) is 10.7. The van der Waals surface area contributed by atoms with Gasteiger partial charge in [0.2, 0.25) is 5.91 Å². The molecule has 2 rings (SSSR count). The van der Waals surface area contributed by atoms with E-state index in [4.69, 9.17) is 9.47 Å². The van der Waals surface area contributed by atoms with Gasteiger partial charge in [0.1, 0.15) is 11.5 Å². The van der Waals surface area contributed by atoms with Crippen molar-refractivity contribution < 1.29 is 19.4 Å². The molecule has 0 spiro atoms. The zero-order valence-electron chi connectivity index (χ0n) is 13.1. The Kier molecular flexibility index (Phi) is 6.03. The van der Waals surface area contributed by atoms with E-state index >= 15 is 0 Å². The minimum Gasteiger partial charge on any atom is -0.497 e. The quantitative estimate of drug-likeness (QED) is 0.726. The number of hydrogen-bond acceptors (Lipinski definition) is 5. The number of ether oxygens (including phenoxy) is 2. The Morgan fingerprint density at radius 2 is 2.09 bits per heavy atom. The molecule has 0 saturated carbocycles. The lowest BCUT2D eigenvalue weighted by Crippen LogP contribution is -2.39. The molecule has 6 heteroatoms. The number of aliphatic hydroxyl groups excluding tert-OH is 1. The van der Waals surface area contributed by atoms with Crippen molar-refractivity contribution in [2.45, 2.75) is 18.9 Å². The summed E-state index contributed by atoms with van der Waals surface area (Å²) in [7, 11) is 3.11. The number of carbonyl (C=O) groups excluding carboxylic acids is 1. The van der Waals surface area contributed by atoms with Crippen LogP contribution in [0.5, 0.6) is 11.5 Å². The lowest BCUT2D eigenvalue weighted by Gasteiger charge is -2.23. The van der Waals surface area contributed by atoms with Gasteiger partial charge in [-0.2, -0.15) is 0 Å². The molecule has 1 unspecified atom stereocenters. The molecule has 0 aliphatic carbocycles. The molecule has 6 nitrogen and oxygen atoms in total. The second kappa shape index (κ2) is 8.00. The summed E-state index contributed by atoms with van der Waals surface area (Å²) in [6, 6.07) is 5.23. The Morgan fingerprint density at radius 1 is 1.36 bits per heavy atom. The summed E-state index contributed by atoms with van der Waals surface area (Å²) in [6.45, 7) is 1.89. The monoisotopic (exact) mass is 308 g/mol. The third-order valence-corrected chi connectivity index (χ3v) is 3.98. The first-order valence-electron chi connectivity index (χ1n) is 7.54. The predicted octanol–water partition coefficient (Wildman–Crippen LogP) is 0.853. The predicted molar refractivity (Wildman–Crippen MR) is 83.1 cm³/mol. The van der Waals surface area contributed by atoms with Crippen molar-refractivity contribution >= 4 is 5.91 Å². The van der Waals surface area contributed by atoms with E-state index in [0.717, 1.165) is 25.9 Å². The van der Waals surface area contributed by atoms with E-state index in [9.17, 15) is 9.90 Å². The highest BCUT2D eigenvalue weighted by molar-refractivity contribution is 5.78. The molecule has 1 fully saturated rings. The van der Waals surface area contributed by atoms with Gasteiger partial charge in [-0.3, -0.25) is 4.79 Å². The van der Waals surface area contributed by atoms with Gasteiger partial charge in [-0.05, 0) is 44.1 Å². The van der Waals surface area contributed by atoms with Crippen molar-refractivity contribution in [3.8, 4) is 11.5 Å². The number of carbonyl (C=O) groups is 1. The maximum absolute atomic E-state index is 12.1. The lowest BCUT2D eigenvalue weighted by molar-refractivity contribution is -0.126. The molecule has 1 atom stereocenters. The Morgan fingerprint density at radius 3 is 2.73 bits per heavy atom. The number of benzene rings is 1. The molecule has 1 saturated heterocycles. The van der Waals surface area contributed by atoms with Gasteiger partial charge >= 0.3 is 0 Å². The average Bonchev–Trinajstić information content (AvgIpc) is 2.59. The summed E-state index contributed by atoms with van der Waals surface area (Å²) >= 11 is 0. The van der Waals surface area contributed by atoms with Gasteiger partial charge < -0.3 is 25.2 Å². The zero-order chi connectivity index (χ0) is 15.9. The molecule has 0 aromatic heterocycles. The molecule has 1 aromatic carbocycles. The van der Waals surface area contributed by atoms with Crippen LogP contribution in [0, 0.1) is 5.92 Å². The Bertz CT molecular complexity index is 501. The number of rotatable bonds is 6. The minimum atomic E-state index is -0.837. The smallest absolute Gasteiger partial charge is 0.223 e. The molecule has 0 radical (unpaired) electrons. The van der Waals surface area contributed by atoms with Crippen LogP contribution in [0.15, 0.2) is 18.2 Å². The summed E-state index contributed by atoms with van der Waals surface area (Å²) in [5.74, 6) is 1.24. The molecule has 1 aromatic rings. The number of amides is 1. The number of piperidine rings is 1. The SMILES string of the molecule is COc1ccc(OC)c(C(O)CNC(=O)C2CCNCC2)c1. The van der Waals surface area contributed by atoms with Crippen LogP contribution in [0.4, 0.5) is 0 Å². The summed E-state index contributed by atoms with van der Waals surface area (Å²) in [5.41, 5.74) is 0.604. The molecule has 1 aliphatic heterocycles. The van der Waals surface area contributed by atoms with Crippen molar-refractivity contribution in [1.82, 2.24) is 10.6 Å². The van der Waals surface area contributed by atoms with Crippen LogP contribution >= 0.6 is 0 Å². The Balaban J connectivity index is 1.96. The Hall–Kier alpha value is -1.79. The molecular formula is C16H24N2O4.